The van der Waals surface area contributed by atoms with Crippen LogP contribution in [0.15, 0.2) is 0 Å². The van der Waals surface area contributed by atoms with Crippen molar-refractivity contribution >= 4 is 5.97 Å². The van der Waals surface area contributed by atoms with Crippen LogP contribution >= 0.6 is 0 Å². The summed E-state index contributed by atoms with van der Waals surface area (Å²) in [5.74, 6) is -0.293. The highest BCUT2D eigenvalue weighted by Gasteiger charge is 2.32. The zero-order chi connectivity index (χ0) is 15.4. The average molecular weight is 284 g/mol. The van der Waals surface area contributed by atoms with E-state index in [0.717, 1.165) is 6.54 Å². The van der Waals surface area contributed by atoms with Crippen molar-refractivity contribution in [3.8, 4) is 0 Å². The summed E-state index contributed by atoms with van der Waals surface area (Å²) in [5.41, 5.74) is 5.68. The lowest BCUT2D eigenvalue weighted by molar-refractivity contribution is -0.149. The Hall–Kier alpha value is -0.610. The molecule has 1 atom stereocenters. The van der Waals surface area contributed by atoms with Crippen LogP contribution in [0.1, 0.15) is 59.8 Å². The van der Waals surface area contributed by atoms with Crippen molar-refractivity contribution in [1.82, 2.24) is 4.90 Å². The van der Waals surface area contributed by atoms with Gasteiger partial charge in [0.2, 0.25) is 0 Å². The van der Waals surface area contributed by atoms with Gasteiger partial charge in [0.05, 0.1) is 6.61 Å². The summed E-state index contributed by atoms with van der Waals surface area (Å²) in [5, 5.41) is 0. The van der Waals surface area contributed by atoms with Gasteiger partial charge in [-0.3, -0.25) is 4.79 Å². The molecule has 1 fully saturated rings. The highest BCUT2D eigenvalue weighted by molar-refractivity contribution is 5.79. The van der Waals surface area contributed by atoms with Gasteiger partial charge in [-0.05, 0) is 58.4 Å². The Morgan fingerprint density at radius 2 is 1.95 bits per heavy atom. The Balaban J connectivity index is 2.39. The number of carbonyl (C=O) groups is 1. The third kappa shape index (κ3) is 5.06. The second-order valence-corrected chi connectivity index (χ2v) is 7.26. The summed E-state index contributed by atoms with van der Waals surface area (Å²) in [6, 6.07) is 0.626. The third-order valence-electron chi connectivity index (χ3n) is 4.66. The molecule has 0 saturated heterocycles. The monoisotopic (exact) mass is 284 g/mol. The molecule has 1 saturated carbocycles. The molecule has 0 amide bonds. The van der Waals surface area contributed by atoms with E-state index in [9.17, 15) is 4.79 Å². The van der Waals surface area contributed by atoms with Crippen LogP contribution in [0.3, 0.4) is 0 Å². The summed E-state index contributed by atoms with van der Waals surface area (Å²) in [6.45, 7) is 9.50. The first-order chi connectivity index (χ1) is 9.18. The Bertz CT molecular complexity index is 316. The average Bonchev–Trinajstić information content (AvgIpc) is 2.36. The van der Waals surface area contributed by atoms with Gasteiger partial charge in [0.1, 0.15) is 5.54 Å². The predicted molar refractivity (Wildman–Crippen MR) is 82.5 cm³/mol. The van der Waals surface area contributed by atoms with Crippen molar-refractivity contribution in [3.05, 3.63) is 0 Å². The van der Waals surface area contributed by atoms with Gasteiger partial charge in [-0.25, -0.2) is 0 Å². The van der Waals surface area contributed by atoms with Gasteiger partial charge in [-0.15, -0.1) is 0 Å². The molecule has 1 unspecified atom stereocenters. The van der Waals surface area contributed by atoms with Crippen LogP contribution in [0.5, 0.6) is 0 Å². The topological polar surface area (TPSA) is 55.6 Å². The molecule has 1 aliphatic carbocycles. The van der Waals surface area contributed by atoms with Crippen LogP contribution in [-0.2, 0) is 9.53 Å². The SMILES string of the molecule is CCOC(=O)C(C)(N)CCN(C)C1CCC(C)(C)CC1. The zero-order valence-electron chi connectivity index (χ0n) is 13.9. The van der Waals surface area contributed by atoms with E-state index in [1.165, 1.54) is 25.7 Å². The number of nitrogens with two attached hydrogens (primary N) is 1. The first-order valence-electron chi connectivity index (χ1n) is 7.84. The maximum Gasteiger partial charge on any atom is 0.325 e. The largest absolute Gasteiger partial charge is 0.465 e. The van der Waals surface area contributed by atoms with E-state index in [1.54, 1.807) is 6.92 Å². The van der Waals surface area contributed by atoms with Crippen LogP contribution < -0.4 is 5.73 Å². The molecule has 0 heterocycles. The van der Waals surface area contributed by atoms with E-state index in [2.05, 4.69) is 25.8 Å². The molecule has 1 aliphatic rings. The number of rotatable bonds is 6. The molecule has 0 aromatic carbocycles. The summed E-state index contributed by atoms with van der Waals surface area (Å²) in [7, 11) is 2.14. The Kier molecular flexibility index (Phi) is 6.02. The number of nitrogens with zero attached hydrogens (tertiary/aromatic N) is 1. The Labute approximate surface area is 124 Å². The van der Waals surface area contributed by atoms with Crippen LogP contribution in [0, 0.1) is 5.41 Å². The summed E-state index contributed by atoms with van der Waals surface area (Å²) in [6.07, 6.45) is 5.68. The third-order valence-corrected chi connectivity index (χ3v) is 4.66. The van der Waals surface area contributed by atoms with E-state index in [0.29, 0.717) is 24.5 Å². The number of hydrogen-bond acceptors (Lipinski definition) is 4. The summed E-state index contributed by atoms with van der Waals surface area (Å²) >= 11 is 0. The van der Waals surface area contributed by atoms with Crippen LogP contribution in [-0.4, -0.2) is 42.6 Å². The molecule has 4 nitrogen and oxygen atoms in total. The Morgan fingerprint density at radius 3 is 2.45 bits per heavy atom. The number of carbonyl (C=O) groups excluding carboxylic acids is 1. The molecule has 1 rings (SSSR count). The summed E-state index contributed by atoms with van der Waals surface area (Å²) in [4.78, 5) is 14.1. The van der Waals surface area contributed by atoms with E-state index in [4.69, 9.17) is 10.5 Å². The minimum atomic E-state index is -0.877. The molecule has 0 aromatic rings. The minimum Gasteiger partial charge on any atom is -0.465 e. The fourth-order valence-corrected chi connectivity index (χ4v) is 2.81. The van der Waals surface area contributed by atoms with Gasteiger partial charge in [-0.1, -0.05) is 13.8 Å². The highest BCUT2D eigenvalue weighted by atomic mass is 16.5. The lowest BCUT2D eigenvalue weighted by Crippen LogP contribution is -2.49. The van der Waals surface area contributed by atoms with Gasteiger partial charge in [-0.2, -0.15) is 0 Å². The fourth-order valence-electron chi connectivity index (χ4n) is 2.81. The fraction of sp³-hybridized carbons (Fsp3) is 0.938. The predicted octanol–water partition coefficient (Wildman–Crippen LogP) is 2.56. The molecule has 0 aromatic heterocycles. The van der Waals surface area contributed by atoms with Gasteiger partial charge in [0.25, 0.3) is 0 Å². The smallest absolute Gasteiger partial charge is 0.325 e. The molecular formula is C16H32N2O2. The maximum absolute atomic E-state index is 11.8. The molecule has 20 heavy (non-hydrogen) atoms. The van der Waals surface area contributed by atoms with Crippen molar-refractivity contribution in [3.63, 3.8) is 0 Å². The van der Waals surface area contributed by atoms with Gasteiger partial charge in [0.15, 0.2) is 0 Å². The molecule has 0 aliphatic heterocycles. The second kappa shape index (κ2) is 6.90. The van der Waals surface area contributed by atoms with E-state index in [1.807, 2.05) is 6.92 Å². The second-order valence-electron chi connectivity index (χ2n) is 7.26. The number of esters is 1. The Morgan fingerprint density at radius 1 is 1.40 bits per heavy atom. The molecular weight excluding hydrogens is 252 g/mol. The molecule has 2 N–H and O–H groups in total. The van der Waals surface area contributed by atoms with Crippen molar-refractivity contribution in [2.24, 2.45) is 11.1 Å². The van der Waals surface area contributed by atoms with Crippen molar-refractivity contribution < 1.29 is 9.53 Å². The maximum atomic E-state index is 11.8. The van der Waals surface area contributed by atoms with Crippen molar-refractivity contribution in [2.75, 3.05) is 20.2 Å². The molecule has 4 heteroatoms. The highest BCUT2D eigenvalue weighted by Crippen LogP contribution is 2.36. The lowest BCUT2D eigenvalue weighted by atomic mass is 9.75. The first-order valence-corrected chi connectivity index (χ1v) is 7.84. The van der Waals surface area contributed by atoms with E-state index < -0.39 is 5.54 Å². The van der Waals surface area contributed by atoms with Crippen molar-refractivity contribution in [2.45, 2.75) is 71.4 Å². The zero-order valence-corrected chi connectivity index (χ0v) is 13.9. The van der Waals surface area contributed by atoms with E-state index in [-0.39, 0.29) is 5.97 Å². The molecule has 0 bridgehead atoms. The van der Waals surface area contributed by atoms with Crippen molar-refractivity contribution in [1.29, 1.82) is 0 Å². The lowest BCUT2D eigenvalue weighted by Gasteiger charge is -2.39. The van der Waals surface area contributed by atoms with Crippen LogP contribution in [0.25, 0.3) is 0 Å². The van der Waals surface area contributed by atoms with Crippen LogP contribution in [0.4, 0.5) is 0 Å². The molecule has 0 radical (unpaired) electrons. The standard InChI is InChI=1S/C16H32N2O2/c1-6-20-14(19)16(4,17)11-12-18(5)13-7-9-15(2,3)10-8-13/h13H,6-12,17H2,1-5H3. The number of hydrogen-bond donors (Lipinski definition) is 1. The minimum absolute atomic E-state index is 0.293. The van der Waals surface area contributed by atoms with E-state index >= 15 is 0 Å². The van der Waals surface area contributed by atoms with Gasteiger partial charge < -0.3 is 15.4 Å². The number of ether oxygens (including phenoxy) is 1. The van der Waals surface area contributed by atoms with Gasteiger partial charge in [0, 0.05) is 12.6 Å². The normalized spacial score (nSPS) is 22.6. The first kappa shape index (κ1) is 17.4. The van der Waals surface area contributed by atoms with Gasteiger partial charge >= 0.3 is 5.97 Å². The molecule has 0 spiro atoms. The van der Waals surface area contributed by atoms with Crippen LogP contribution in [0.2, 0.25) is 0 Å². The quantitative estimate of drug-likeness (QED) is 0.762. The summed E-state index contributed by atoms with van der Waals surface area (Å²) < 4.78 is 5.03. The molecule has 118 valence electrons.